The van der Waals surface area contributed by atoms with Crippen molar-refractivity contribution in [3.8, 4) is 5.75 Å². The van der Waals surface area contributed by atoms with Gasteiger partial charge in [-0.1, -0.05) is 48.0 Å². The molecule has 0 aliphatic heterocycles. The van der Waals surface area contributed by atoms with Gasteiger partial charge in [0.1, 0.15) is 18.0 Å². The molecule has 1 N–H and O–H groups in total. The number of anilines is 1. The molecule has 3 aromatic rings. The van der Waals surface area contributed by atoms with E-state index in [2.05, 4.69) is 5.32 Å². The minimum Gasteiger partial charge on any atom is -0.489 e. The molecule has 0 saturated carbocycles. The van der Waals surface area contributed by atoms with E-state index < -0.39 is 10.8 Å². The number of nitro benzene ring substituents is 1. The third-order valence-electron chi connectivity index (χ3n) is 3.75. The maximum atomic E-state index is 12.5. The molecule has 27 heavy (non-hydrogen) atoms. The topological polar surface area (TPSA) is 81.5 Å². The summed E-state index contributed by atoms with van der Waals surface area (Å²) < 4.78 is 5.71. The zero-order valence-electron chi connectivity index (χ0n) is 14.1. The summed E-state index contributed by atoms with van der Waals surface area (Å²) in [5.41, 5.74) is 1.13. The zero-order chi connectivity index (χ0) is 19.2. The zero-order valence-corrected chi connectivity index (χ0v) is 14.8. The molecule has 0 aliphatic carbocycles. The molecule has 1 amide bonds. The molecule has 0 spiro atoms. The Morgan fingerprint density at radius 2 is 1.81 bits per heavy atom. The van der Waals surface area contributed by atoms with Crippen LogP contribution in [0.3, 0.4) is 0 Å². The van der Waals surface area contributed by atoms with Gasteiger partial charge in [0.15, 0.2) is 0 Å². The van der Waals surface area contributed by atoms with Gasteiger partial charge in [0.05, 0.1) is 4.92 Å². The van der Waals surface area contributed by atoms with E-state index >= 15 is 0 Å². The Hall–Kier alpha value is -3.38. The Morgan fingerprint density at radius 3 is 2.56 bits per heavy atom. The first-order valence-corrected chi connectivity index (χ1v) is 8.43. The van der Waals surface area contributed by atoms with Crippen LogP contribution >= 0.6 is 11.6 Å². The average molecular weight is 383 g/mol. The predicted molar refractivity (Wildman–Crippen MR) is 103 cm³/mol. The lowest BCUT2D eigenvalue weighted by Crippen LogP contribution is -2.13. The highest BCUT2D eigenvalue weighted by Crippen LogP contribution is 2.28. The van der Waals surface area contributed by atoms with Gasteiger partial charge in [0.2, 0.25) is 0 Å². The fraction of sp³-hybridized carbons (Fsp3) is 0.0500. The summed E-state index contributed by atoms with van der Waals surface area (Å²) in [6.07, 6.45) is 0. The summed E-state index contributed by atoms with van der Waals surface area (Å²) in [5, 5.41) is 13.9. The van der Waals surface area contributed by atoms with Crippen molar-refractivity contribution in [2.45, 2.75) is 6.61 Å². The molecule has 7 heteroatoms. The summed E-state index contributed by atoms with van der Waals surface area (Å²) >= 11 is 5.79. The number of nitro groups is 1. The van der Waals surface area contributed by atoms with E-state index in [9.17, 15) is 14.9 Å². The van der Waals surface area contributed by atoms with Gasteiger partial charge in [-0.3, -0.25) is 14.9 Å². The van der Waals surface area contributed by atoms with Crippen molar-refractivity contribution >= 4 is 28.9 Å². The van der Waals surface area contributed by atoms with Gasteiger partial charge in [0.25, 0.3) is 11.6 Å². The summed E-state index contributed by atoms with van der Waals surface area (Å²) in [6, 6.07) is 20.3. The molecule has 3 aromatic carbocycles. The van der Waals surface area contributed by atoms with Crippen molar-refractivity contribution < 1.29 is 14.5 Å². The number of amides is 1. The monoisotopic (exact) mass is 382 g/mol. The molecular weight excluding hydrogens is 368 g/mol. The van der Waals surface area contributed by atoms with E-state index in [1.807, 2.05) is 30.3 Å². The standard InChI is InChI=1S/C20H15ClN2O4/c21-16-9-10-18(19(12-16)23(25)26)22-20(24)15-7-4-8-17(11-15)27-13-14-5-2-1-3-6-14/h1-12H,13H2,(H,22,24). The van der Waals surface area contributed by atoms with Crippen molar-refractivity contribution in [2.75, 3.05) is 5.32 Å². The van der Waals surface area contributed by atoms with Gasteiger partial charge in [0, 0.05) is 16.7 Å². The van der Waals surface area contributed by atoms with Crippen LogP contribution in [0.4, 0.5) is 11.4 Å². The van der Waals surface area contributed by atoms with Crippen LogP contribution in [0.25, 0.3) is 0 Å². The number of hydrogen-bond donors (Lipinski definition) is 1. The molecule has 0 aliphatic rings. The number of carbonyl (C=O) groups is 1. The molecular formula is C20H15ClN2O4. The predicted octanol–water partition coefficient (Wildman–Crippen LogP) is 5.08. The molecule has 0 unspecified atom stereocenters. The number of hydrogen-bond acceptors (Lipinski definition) is 4. The lowest BCUT2D eigenvalue weighted by Gasteiger charge is -2.09. The normalized spacial score (nSPS) is 10.3. The Balaban J connectivity index is 1.73. The van der Waals surface area contributed by atoms with Gasteiger partial charge in [-0.15, -0.1) is 0 Å². The molecule has 136 valence electrons. The molecule has 0 saturated heterocycles. The lowest BCUT2D eigenvalue weighted by molar-refractivity contribution is -0.383. The number of halogens is 1. The van der Waals surface area contributed by atoms with Gasteiger partial charge in [-0.2, -0.15) is 0 Å². The van der Waals surface area contributed by atoms with Crippen LogP contribution < -0.4 is 10.1 Å². The van der Waals surface area contributed by atoms with Crippen LogP contribution in [0, 0.1) is 10.1 Å². The number of nitrogens with one attached hydrogen (secondary N) is 1. The molecule has 3 rings (SSSR count). The summed E-state index contributed by atoms with van der Waals surface area (Å²) in [5.74, 6) is 0.0442. The molecule has 0 radical (unpaired) electrons. The van der Waals surface area contributed by atoms with Gasteiger partial charge < -0.3 is 10.1 Å². The van der Waals surface area contributed by atoms with Gasteiger partial charge >= 0.3 is 0 Å². The van der Waals surface area contributed by atoms with Gasteiger partial charge in [-0.25, -0.2) is 0 Å². The first-order valence-electron chi connectivity index (χ1n) is 8.05. The van der Waals surface area contributed by atoms with Crippen LogP contribution in [0.5, 0.6) is 5.75 Å². The van der Waals surface area contributed by atoms with Crippen molar-refractivity contribution in [3.05, 3.63) is 99.1 Å². The van der Waals surface area contributed by atoms with Crippen LogP contribution in [-0.2, 0) is 6.61 Å². The van der Waals surface area contributed by atoms with Crippen LogP contribution in [-0.4, -0.2) is 10.8 Å². The van der Waals surface area contributed by atoms with Crippen molar-refractivity contribution in [1.29, 1.82) is 0 Å². The van der Waals surface area contributed by atoms with Crippen LogP contribution in [0.1, 0.15) is 15.9 Å². The number of ether oxygens (including phenoxy) is 1. The minimum absolute atomic E-state index is 0.0741. The highest BCUT2D eigenvalue weighted by Gasteiger charge is 2.17. The first-order chi connectivity index (χ1) is 13.0. The summed E-state index contributed by atoms with van der Waals surface area (Å²) in [6.45, 7) is 0.370. The Morgan fingerprint density at radius 1 is 1.04 bits per heavy atom. The van der Waals surface area contributed by atoms with Crippen LogP contribution in [0.2, 0.25) is 5.02 Å². The first kappa shape index (κ1) is 18.4. The quantitative estimate of drug-likeness (QED) is 0.476. The van der Waals surface area contributed by atoms with E-state index in [4.69, 9.17) is 16.3 Å². The maximum absolute atomic E-state index is 12.5. The molecule has 0 atom stereocenters. The largest absolute Gasteiger partial charge is 0.489 e. The molecule has 0 fully saturated rings. The van der Waals surface area contributed by atoms with Crippen molar-refractivity contribution in [2.24, 2.45) is 0 Å². The summed E-state index contributed by atoms with van der Waals surface area (Å²) in [7, 11) is 0. The Bertz CT molecular complexity index is 977. The van der Waals surface area contributed by atoms with Crippen LogP contribution in [0.15, 0.2) is 72.8 Å². The lowest BCUT2D eigenvalue weighted by atomic mass is 10.2. The molecule has 6 nitrogen and oxygen atoms in total. The molecule has 0 aromatic heterocycles. The highest BCUT2D eigenvalue weighted by molar-refractivity contribution is 6.31. The third-order valence-corrected chi connectivity index (χ3v) is 3.98. The second kappa shape index (κ2) is 8.33. The highest BCUT2D eigenvalue weighted by atomic mass is 35.5. The maximum Gasteiger partial charge on any atom is 0.294 e. The second-order valence-electron chi connectivity index (χ2n) is 5.67. The fourth-order valence-corrected chi connectivity index (χ4v) is 2.59. The van der Waals surface area contributed by atoms with Crippen molar-refractivity contribution in [1.82, 2.24) is 0 Å². The fourth-order valence-electron chi connectivity index (χ4n) is 2.42. The summed E-state index contributed by atoms with van der Waals surface area (Å²) in [4.78, 5) is 23.0. The SMILES string of the molecule is O=C(Nc1ccc(Cl)cc1[N+](=O)[O-])c1cccc(OCc2ccccc2)c1. The number of benzene rings is 3. The molecule has 0 heterocycles. The van der Waals surface area contributed by atoms with E-state index in [-0.39, 0.29) is 16.4 Å². The Labute approximate surface area is 160 Å². The van der Waals surface area contributed by atoms with Gasteiger partial charge in [-0.05, 0) is 35.9 Å². The minimum atomic E-state index is -0.596. The van der Waals surface area contributed by atoms with E-state index in [0.717, 1.165) is 5.56 Å². The third kappa shape index (κ3) is 4.83. The van der Waals surface area contributed by atoms with E-state index in [0.29, 0.717) is 17.9 Å². The smallest absolute Gasteiger partial charge is 0.294 e. The number of nitrogens with zero attached hydrogens (tertiary/aromatic N) is 1. The molecule has 0 bridgehead atoms. The number of carbonyl (C=O) groups excluding carboxylic acids is 1. The average Bonchev–Trinajstić information content (AvgIpc) is 2.68. The second-order valence-corrected chi connectivity index (χ2v) is 6.11. The van der Waals surface area contributed by atoms with E-state index in [1.54, 1.807) is 24.3 Å². The van der Waals surface area contributed by atoms with E-state index in [1.165, 1.54) is 18.2 Å². The number of rotatable bonds is 6. The van der Waals surface area contributed by atoms with Crippen molar-refractivity contribution in [3.63, 3.8) is 0 Å². The Kier molecular flexibility index (Phi) is 5.68.